The van der Waals surface area contributed by atoms with Gasteiger partial charge in [-0.2, -0.15) is 0 Å². The van der Waals surface area contributed by atoms with Gasteiger partial charge >= 0.3 is 5.97 Å². The first kappa shape index (κ1) is 14.9. The molecule has 4 nitrogen and oxygen atoms in total. The van der Waals surface area contributed by atoms with Crippen molar-refractivity contribution >= 4 is 5.97 Å². The molecular weight excluding hydrogens is 254 g/mol. The molecule has 2 rings (SSSR count). The van der Waals surface area contributed by atoms with E-state index in [0.717, 1.165) is 31.1 Å². The number of ether oxygens (including phenoxy) is 1. The Hall–Kier alpha value is -1.55. The van der Waals surface area contributed by atoms with Gasteiger partial charge in [0.25, 0.3) is 0 Å². The summed E-state index contributed by atoms with van der Waals surface area (Å²) in [4.78, 5) is 13.6. The summed E-state index contributed by atoms with van der Waals surface area (Å²) in [5.74, 6) is 0.282. The second-order valence-corrected chi connectivity index (χ2v) is 5.65. The lowest BCUT2D eigenvalue weighted by Gasteiger charge is -2.20. The first-order valence-electron chi connectivity index (χ1n) is 7.22. The van der Waals surface area contributed by atoms with Crippen LogP contribution in [-0.4, -0.2) is 36.2 Å². The molecule has 1 heterocycles. The van der Waals surface area contributed by atoms with Crippen molar-refractivity contribution in [2.24, 2.45) is 5.92 Å². The minimum absolute atomic E-state index is 0.244. The second kappa shape index (κ2) is 6.75. The fourth-order valence-electron chi connectivity index (χ4n) is 2.76. The number of nitrogens with zero attached hydrogens (tertiary/aromatic N) is 1. The molecule has 1 aromatic rings. The Kier molecular flexibility index (Phi) is 5.01. The summed E-state index contributed by atoms with van der Waals surface area (Å²) in [7, 11) is 1.50. The SMILES string of the molecule is COc1ccc(CN2CCCC(C)CC2)cc1C(=O)O. The van der Waals surface area contributed by atoms with Crippen molar-refractivity contribution in [2.45, 2.75) is 32.7 Å². The molecule has 20 heavy (non-hydrogen) atoms. The molecule has 1 aliphatic rings. The van der Waals surface area contributed by atoms with Crippen LogP contribution in [0.1, 0.15) is 42.1 Å². The predicted molar refractivity (Wildman–Crippen MR) is 78.2 cm³/mol. The van der Waals surface area contributed by atoms with Crippen LogP contribution in [0.25, 0.3) is 0 Å². The van der Waals surface area contributed by atoms with Crippen LogP contribution in [0.4, 0.5) is 0 Å². The molecule has 0 radical (unpaired) electrons. The summed E-state index contributed by atoms with van der Waals surface area (Å²) in [6, 6.07) is 5.44. The van der Waals surface area contributed by atoms with E-state index in [2.05, 4.69) is 11.8 Å². The first-order chi connectivity index (χ1) is 9.60. The average molecular weight is 277 g/mol. The highest BCUT2D eigenvalue weighted by molar-refractivity contribution is 5.91. The topological polar surface area (TPSA) is 49.8 Å². The van der Waals surface area contributed by atoms with E-state index in [4.69, 9.17) is 4.74 Å². The second-order valence-electron chi connectivity index (χ2n) is 5.65. The molecule has 0 spiro atoms. The molecule has 0 bridgehead atoms. The van der Waals surface area contributed by atoms with E-state index in [1.807, 2.05) is 6.07 Å². The lowest BCUT2D eigenvalue weighted by molar-refractivity contribution is 0.0693. The van der Waals surface area contributed by atoms with Crippen LogP contribution in [0.2, 0.25) is 0 Å². The summed E-state index contributed by atoms with van der Waals surface area (Å²) in [6.45, 7) is 5.31. The van der Waals surface area contributed by atoms with E-state index in [9.17, 15) is 9.90 Å². The Morgan fingerprint density at radius 1 is 1.40 bits per heavy atom. The number of likely N-dealkylation sites (tertiary alicyclic amines) is 1. The molecular formula is C16H23NO3. The van der Waals surface area contributed by atoms with Gasteiger partial charge in [0, 0.05) is 6.54 Å². The monoisotopic (exact) mass is 277 g/mol. The van der Waals surface area contributed by atoms with Crippen molar-refractivity contribution in [3.8, 4) is 5.75 Å². The number of carboxylic acids is 1. The number of carbonyl (C=O) groups is 1. The van der Waals surface area contributed by atoms with Gasteiger partial charge in [0.15, 0.2) is 0 Å². The minimum atomic E-state index is -0.937. The normalized spacial score (nSPS) is 20.4. The molecule has 1 fully saturated rings. The minimum Gasteiger partial charge on any atom is -0.496 e. The summed E-state index contributed by atoms with van der Waals surface area (Å²) in [6.07, 6.45) is 3.74. The molecule has 0 aliphatic carbocycles. The zero-order valence-electron chi connectivity index (χ0n) is 12.3. The van der Waals surface area contributed by atoms with Gasteiger partial charge < -0.3 is 9.84 Å². The largest absolute Gasteiger partial charge is 0.496 e. The van der Waals surface area contributed by atoms with Crippen molar-refractivity contribution in [3.05, 3.63) is 29.3 Å². The summed E-state index contributed by atoms with van der Waals surface area (Å²) < 4.78 is 5.09. The van der Waals surface area contributed by atoms with E-state index in [0.29, 0.717) is 5.75 Å². The van der Waals surface area contributed by atoms with Gasteiger partial charge in [-0.15, -0.1) is 0 Å². The van der Waals surface area contributed by atoms with Crippen molar-refractivity contribution in [2.75, 3.05) is 20.2 Å². The molecule has 1 N–H and O–H groups in total. The summed E-state index contributed by atoms with van der Waals surface area (Å²) in [5.41, 5.74) is 1.28. The number of carboxylic acid groups (broad SMARTS) is 1. The Balaban J connectivity index is 2.09. The number of rotatable bonds is 4. The smallest absolute Gasteiger partial charge is 0.339 e. The van der Waals surface area contributed by atoms with Gasteiger partial charge in [-0.3, -0.25) is 4.90 Å². The summed E-state index contributed by atoms with van der Waals surface area (Å²) >= 11 is 0. The highest BCUT2D eigenvalue weighted by Crippen LogP contribution is 2.22. The van der Waals surface area contributed by atoms with Crippen LogP contribution in [0.15, 0.2) is 18.2 Å². The highest BCUT2D eigenvalue weighted by atomic mass is 16.5. The molecule has 4 heteroatoms. The molecule has 0 amide bonds. The van der Waals surface area contributed by atoms with Crippen LogP contribution in [0.5, 0.6) is 5.75 Å². The fraction of sp³-hybridized carbons (Fsp3) is 0.562. The third kappa shape index (κ3) is 3.73. The number of hydrogen-bond acceptors (Lipinski definition) is 3. The molecule has 1 saturated heterocycles. The van der Waals surface area contributed by atoms with Crippen molar-refractivity contribution in [3.63, 3.8) is 0 Å². The first-order valence-corrected chi connectivity index (χ1v) is 7.22. The van der Waals surface area contributed by atoms with E-state index in [1.165, 1.54) is 26.4 Å². The zero-order valence-corrected chi connectivity index (χ0v) is 12.3. The number of aromatic carboxylic acids is 1. The maximum absolute atomic E-state index is 11.2. The van der Waals surface area contributed by atoms with Crippen molar-refractivity contribution in [1.82, 2.24) is 4.90 Å². The maximum atomic E-state index is 11.2. The van der Waals surface area contributed by atoms with Crippen LogP contribution in [-0.2, 0) is 6.54 Å². The van der Waals surface area contributed by atoms with E-state index in [-0.39, 0.29) is 5.56 Å². The van der Waals surface area contributed by atoms with Crippen LogP contribution < -0.4 is 4.74 Å². The van der Waals surface area contributed by atoms with Gasteiger partial charge in [0.05, 0.1) is 7.11 Å². The lowest BCUT2D eigenvalue weighted by atomic mass is 10.0. The Bertz CT molecular complexity index is 473. The number of methoxy groups -OCH3 is 1. The van der Waals surface area contributed by atoms with Gasteiger partial charge in [-0.05, 0) is 56.0 Å². The molecule has 1 aromatic carbocycles. The van der Waals surface area contributed by atoms with E-state index in [1.54, 1.807) is 12.1 Å². The van der Waals surface area contributed by atoms with Crippen molar-refractivity contribution < 1.29 is 14.6 Å². The Morgan fingerprint density at radius 3 is 2.90 bits per heavy atom. The fourth-order valence-corrected chi connectivity index (χ4v) is 2.76. The standard InChI is InChI=1S/C16H23NO3/c1-12-4-3-8-17(9-7-12)11-13-5-6-15(20-2)14(10-13)16(18)19/h5-6,10,12H,3-4,7-9,11H2,1-2H3,(H,18,19). The predicted octanol–water partition coefficient (Wildman–Crippen LogP) is 3.02. The molecule has 1 unspecified atom stereocenters. The third-order valence-electron chi connectivity index (χ3n) is 4.01. The van der Waals surface area contributed by atoms with Gasteiger partial charge in [-0.25, -0.2) is 4.79 Å². The van der Waals surface area contributed by atoms with Crippen molar-refractivity contribution in [1.29, 1.82) is 0 Å². The Labute approximate surface area is 120 Å². The third-order valence-corrected chi connectivity index (χ3v) is 4.01. The Morgan fingerprint density at radius 2 is 2.20 bits per heavy atom. The average Bonchev–Trinajstić information content (AvgIpc) is 2.63. The number of hydrogen-bond donors (Lipinski definition) is 1. The molecule has 110 valence electrons. The van der Waals surface area contributed by atoms with Crippen LogP contribution in [0.3, 0.4) is 0 Å². The lowest BCUT2D eigenvalue weighted by Crippen LogP contribution is -2.24. The zero-order chi connectivity index (χ0) is 14.5. The maximum Gasteiger partial charge on any atom is 0.339 e. The molecule has 0 aromatic heterocycles. The van der Waals surface area contributed by atoms with Crippen LogP contribution in [0, 0.1) is 5.92 Å². The summed E-state index contributed by atoms with van der Waals surface area (Å²) in [5, 5.41) is 9.21. The van der Waals surface area contributed by atoms with Gasteiger partial charge in [0.2, 0.25) is 0 Å². The quantitative estimate of drug-likeness (QED) is 0.919. The van der Waals surface area contributed by atoms with Gasteiger partial charge in [0.1, 0.15) is 11.3 Å². The number of benzene rings is 1. The van der Waals surface area contributed by atoms with E-state index < -0.39 is 5.97 Å². The molecule has 1 aliphatic heterocycles. The highest BCUT2D eigenvalue weighted by Gasteiger charge is 2.16. The molecule has 1 atom stereocenters. The van der Waals surface area contributed by atoms with Gasteiger partial charge in [-0.1, -0.05) is 13.0 Å². The van der Waals surface area contributed by atoms with E-state index >= 15 is 0 Å². The molecule has 0 saturated carbocycles. The van der Waals surface area contributed by atoms with Crippen LogP contribution >= 0.6 is 0 Å².